The fourth-order valence-electron chi connectivity index (χ4n) is 2.22. The zero-order chi connectivity index (χ0) is 15.2. The van der Waals surface area contributed by atoms with E-state index in [1.165, 1.54) is 0 Å². The van der Waals surface area contributed by atoms with Gasteiger partial charge in [-0.2, -0.15) is 0 Å². The number of benzene rings is 1. The Kier molecular flexibility index (Phi) is 6.02. The van der Waals surface area contributed by atoms with E-state index >= 15 is 0 Å². The van der Waals surface area contributed by atoms with E-state index in [0.29, 0.717) is 30.9 Å². The summed E-state index contributed by atoms with van der Waals surface area (Å²) in [6, 6.07) is 7.21. The Balaban J connectivity index is 2.68. The van der Waals surface area contributed by atoms with E-state index < -0.39 is 0 Å². The van der Waals surface area contributed by atoms with Gasteiger partial charge >= 0.3 is 0 Å². The second kappa shape index (κ2) is 7.29. The summed E-state index contributed by atoms with van der Waals surface area (Å²) in [5.41, 5.74) is 0.395. The number of nitrogens with one attached hydrogen (secondary N) is 1. The van der Waals surface area contributed by atoms with E-state index in [1.54, 1.807) is 19.1 Å². The Labute approximate surface area is 121 Å². The fourth-order valence-corrected chi connectivity index (χ4v) is 2.22. The molecule has 1 unspecified atom stereocenters. The van der Waals surface area contributed by atoms with Gasteiger partial charge in [-0.1, -0.05) is 26.0 Å². The first-order chi connectivity index (χ1) is 9.35. The van der Waals surface area contributed by atoms with Crippen molar-refractivity contribution >= 4 is 5.91 Å². The van der Waals surface area contributed by atoms with E-state index in [9.17, 15) is 9.90 Å². The summed E-state index contributed by atoms with van der Waals surface area (Å²) in [6.45, 7) is 8.73. The third-order valence-electron chi connectivity index (χ3n) is 3.01. The van der Waals surface area contributed by atoms with Gasteiger partial charge in [0, 0.05) is 6.54 Å². The molecule has 4 nitrogen and oxygen atoms in total. The maximum atomic E-state index is 12.2. The second-order valence-corrected chi connectivity index (χ2v) is 5.83. The number of hydrogen-bond donors (Lipinski definition) is 2. The first kappa shape index (κ1) is 16.5. The highest BCUT2D eigenvalue weighted by Crippen LogP contribution is 2.22. The van der Waals surface area contributed by atoms with Crippen LogP contribution in [0.15, 0.2) is 24.3 Å². The highest BCUT2D eigenvalue weighted by molar-refractivity contribution is 5.96. The number of ether oxygens (including phenoxy) is 1. The Morgan fingerprint density at radius 1 is 1.40 bits per heavy atom. The third kappa shape index (κ3) is 5.21. The van der Waals surface area contributed by atoms with Crippen molar-refractivity contribution in [2.75, 3.05) is 13.2 Å². The summed E-state index contributed by atoms with van der Waals surface area (Å²) < 4.78 is 5.45. The molecule has 1 atom stereocenters. The summed E-state index contributed by atoms with van der Waals surface area (Å²) in [7, 11) is 0. The van der Waals surface area contributed by atoms with E-state index in [2.05, 4.69) is 5.32 Å². The molecule has 1 amide bonds. The van der Waals surface area contributed by atoms with Crippen molar-refractivity contribution in [3.8, 4) is 5.75 Å². The molecule has 20 heavy (non-hydrogen) atoms. The molecule has 0 saturated heterocycles. The van der Waals surface area contributed by atoms with Crippen molar-refractivity contribution in [3.63, 3.8) is 0 Å². The molecular weight excluding hydrogens is 254 g/mol. The maximum absolute atomic E-state index is 12.2. The van der Waals surface area contributed by atoms with Gasteiger partial charge in [-0.15, -0.1) is 0 Å². The molecule has 0 aliphatic rings. The average molecular weight is 279 g/mol. The van der Waals surface area contributed by atoms with Crippen LogP contribution in [-0.4, -0.2) is 30.3 Å². The minimum atomic E-state index is -0.377. The van der Waals surface area contributed by atoms with Gasteiger partial charge in [-0.05, 0) is 37.8 Å². The lowest BCUT2D eigenvalue weighted by atomic mass is 9.87. The predicted molar refractivity (Wildman–Crippen MR) is 80.0 cm³/mol. The summed E-state index contributed by atoms with van der Waals surface area (Å²) in [5, 5.41) is 12.4. The van der Waals surface area contributed by atoms with Crippen molar-refractivity contribution in [2.45, 2.75) is 40.2 Å². The molecule has 112 valence electrons. The van der Waals surface area contributed by atoms with Gasteiger partial charge in [0.25, 0.3) is 5.91 Å². The lowest BCUT2D eigenvalue weighted by molar-refractivity contribution is 0.0898. The Morgan fingerprint density at radius 3 is 2.65 bits per heavy atom. The van der Waals surface area contributed by atoms with Gasteiger partial charge in [-0.25, -0.2) is 0 Å². The molecule has 0 fully saturated rings. The van der Waals surface area contributed by atoms with Crippen molar-refractivity contribution in [3.05, 3.63) is 29.8 Å². The Hall–Kier alpha value is -1.55. The molecule has 0 aliphatic carbocycles. The molecule has 1 aromatic rings. The summed E-state index contributed by atoms with van der Waals surface area (Å²) in [4.78, 5) is 12.2. The molecule has 2 N–H and O–H groups in total. The molecule has 0 aromatic heterocycles. The van der Waals surface area contributed by atoms with Gasteiger partial charge in [0.05, 0.1) is 18.3 Å². The quantitative estimate of drug-likeness (QED) is 0.806. The SMILES string of the molecule is CCOc1ccccc1C(=O)NCC(C)(C)CC(C)O. The van der Waals surface area contributed by atoms with Crippen LogP contribution < -0.4 is 10.1 Å². The highest BCUT2D eigenvalue weighted by Gasteiger charge is 2.22. The smallest absolute Gasteiger partial charge is 0.255 e. The number of carbonyl (C=O) groups excluding carboxylic acids is 1. The highest BCUT2D eigenvalue weighted by atomic mass is 16.5. The molecule has 0 bridgehead atoms. The second-order valence-electron chi connectivity index (χ2n) is 5.83. The molecule has 0 aliphatic heterocycles. The predicted octanol–water partition coefficient (Wildman–Crippen LogP) is 2.61. The molecule has 1 aromatic carbocycles. The molecule has 0 spiro atoms. The van der Waals surface area contributed by atoms with Crippen LogP contribution in [0.4, 0.5) is 0 Å². The topological polar surface area (TPSA) is 58.6 Å². The number of carbonyl (C=O) groups is 1. The molecule has 1 rings (SSSR count). The van der Waals surface area contributed by atoms with Crippen LogP contribution >= 0.6 is 0 Å². The number of rotatable bonds is 7. The fraction of sp³-hybridized carbons (Fsp3) is 0.562. The van der Waals surface area contributed by atoms with Gasteiger partial charge in [0.2, 0.25) is 0 Å². The molecule has 0 saturated carbocycles. The summed E-state index contributed by atoms with van der Waals surface area (Å²) >= 11 is 0. The van der Waals surface area contributed by atoms with Crippen molar-refractivity contribution in [2.24, 2.45) is 5.41 Å². The monoisotopic (exact) mass is 279 g/mol. The van der Waals surface area contributed by atoms with E-state index in [1.807, 2.05) is 32.9 Å². The zero-order valence-electron chi connectivity index (χ0n) is 12.8. The lowest BCUT2D eigenvalue weighted by Crippen LogP contribution is -2.35. The number of aliphatic hydroxyl groups excluding tert-OH is 1. The van der Waals surface area contributed by atoms with Crippen LogP contribution in [0.5, 0.6) is 5.75 Å². The summed E-state index contributed by atoms with van der Waals surface area (Å²) in [5.74, 6) is 0.452. The van der Waals surface area contributed by atoms with Gasteiger partial charge < -0.3 is 15.2 Å². The zero-order valence-corrected chi connectivity index (χ0v) is 12.8. The normalized spacial score (nSPS) is 12.8. The number of aliphatic hydroxyl groups is 1. The first-order valence-corrected chi connectivity index (χ1v) is 7.04. The van der Waals surface area contributed by atoms with Crippen LogP contribution in [0.2, 0.25) is 0 Å². The maximum Gasteiger partial charge on any atom is 0.255 e. The van der Waals surface area contributed by atoms with Crippen LogP contribution in [0, 0.1) is 5.41 Å². The standard InChI is InChI=1S/C16H25NO3/c1-5-20-14-9-7-6-8-13(14)15(19)17-11-16(3,4)10-12(2)18/h6-9,12,18H,5,10-11H2,1-4H3,(H,17,19). The first-order valence-electron chi connectivity index (χ1n) is 7.04. The van der Waals surface area contributed by atoms with Gasteiger partial charge in [0.15, 0.2) is 0 Å². The van der Waals surface area contributed by atoms with Crippen molar-refractivity contribution in [1.29, 1.82) is 0 Å². The molecule has 0 radical (unpaired) electrons. The Morgan fingerprint density at radius 2 is 2.05 bits per heavy atom. The lowest BCUT2D eigenvalue weighted by Gasteiger charge is -2.26. The van der Waals surface area contributed by atoms with Gasteiger partial charge in [-0.3, -0.25) is 4.79 Å². The van der Waals surface area contributed by atoms with Crippen LogP contribution in [-0.2, 0) is 0 Å². The number of para-hydroxylation sites is 1. The third-order valence-corrected chi connectivity index (χ3v) is 3.01. The molecule has 0 heterocycles. The van der Waals surface area contributed by atoms with Crippen molar-refractivity contribution < 1.29 is 14.6 Å². The molecule has 4 heteroatoms. The van der Waals surface area contributed by atoms with E-state index in [0.717, 1.165) is 0 Å². The van der Waals surface area contributed by atoms with E-state index in [-0.39, 0.29) is 17.4 Å². The van der Waals surface area contributed by atoms with Gasteiger partial charge in [0.1, 0.15) is 5.75 Å². The Bertz CT molecular complexity index is 441. The van der Waals surface area contributed by atoms with Crippen molar-refractivity contribution in [1.82, 2.24) is 5.32 Å². The summed E-state index contributed by atoms with van der Waals surface area (Å²) in [6.07, 6.45) is 0.262. The number of amides is 1. The average Bonchev–Trinajstić information content (AvgIpc) is 2.36. The van der Waals surface area contributed by atoms with Crippen LogP contribution in [0.3, 0.4) is 0 Å². The minimum Gasteiger partial charge on any atom is -0.493 e. The van der Waals surface area contributed by atoms with Crippen LogP contribution in [0.25, 0.3) is 0 Å². The minimum absolute atomic E-state index is 0.146. The van der Waals surface area contributed by atoms with Crippen LogP contribution in [0.1, 0.15) is 44.5 Å². The largest absolute Gasteiger partial charge is 0.493 e. The number of hydrogen-bond acceptors (Lipinski definition) is 3. The molecular formula is C16H25NO3. The van der Waals surface area contributed by atoms with E-state index in [4.69, 9.17) is 4.74 Å².